The van der Waals surface area contributed by atoms with Crippen LogP contribution in [0.4, 0.5) is 11.5 Å². The molecule has 2 aromatic rings. The molecule has 0 spiro atoms. The first-order valence-electron chi connectivity index (χ1n) is 14.0. The van der Waals surface area contributed by atoms with Gasteiger partial charge in [0, 0.05) is 49.7 Å². The van der Waals surface area contributed by atoms with Crippen LogP contribution in [0.2, 0.25) is 0 Å². The quantitative estimate of drug-likeness (QED) is 0.137. The van der Waals surface area contributed by atoms with Gasteiger partial charge in [0.15, 0.2) is 0 Å². The molecule has 1 aromatic heterocycles. The molecule has 1 unspecified atom stereocenters. The Bertz CT molecular complexity index is 819. The SMILES string of the molecule is C=CCC(CC)NCCOc1cc(N(CCC)CCC)cc(N)n1.CC.CC.Cc1cccc(C=N)c1. The maximum atomic E-state index is 6.92. The van der Waals surface area contributed by atoms with E-state index in [0.717, 1.165) is 56.6 Å². The Kier molecular flexibility index (Phi) is 24.3. The second-order valence-corrected chi connectivity index (χ2v) is 8.07. The molecule has 6 heteroatoms. The maximum Gasteiger partial charge on any atom is 0.217 e. The van der Waals surface area contributed by atoms with Gasteiger partial charge in [0.2, 0.25) is 5.88 Å². The molecular formula is C31H55N5O. The lowest BCUT2D eigenvalue weighted by atomic mass is 10.1. The number of aromatic nitrogens is 1. The zero-order chi connectivity index (χ0) is 28.5. The summed E-state index contributed by atoms with van der Waals surface area (Å²) in [7, 11) is 0. The van der Waals surface area contributed by atoms with Crippen LogP contribution in [0.15, 0.2) is 49.1 Å². The molecule has 1 heterocycles. The highest BCUT2D eigenvalue weighted by atomic mass is 16.5. The third-order valence-electron chi connectivity index (χ3n) is 5.10. The predicted molar refractivity (Wildman–Crippen MR) is 166 cm³/mol. The number of ether oxygens (including phenoxy) is 1. The fraction of sp³-hybridized carbons (Fsp3) is 0.548. The number of hydrogen-bond acceptors (Lipinski definition) is 6. The van der Waals surface area contributed by atoms with Crippen LogP contribution < -0.4 is 20.7 Å². The van der Waals surface area contributed by atoms with Crippen LogP contribution in [-0.4, -0.2) is 43.5 Å². The molecule has 0 bridgehead atoms. The van der Waals surface area contributed by atoms with E-state index >= 15 is 0 Å². The van der Waals surface area contributed by atoms with Crippen molar-refractivity contribution in [3.05, 3.63) is 60.2 Å². The predicted octanol–water partition coefficient (Wildman–Crippen LogP) is 7.66. The molecule has 0 aliphatic heterocycles. The summed E-state index contributed by atoms with van der Waals surface area (Å²) in [6.07, 6.45) is 7.56. The first kappa shape index (κ1) is 36.3. The second kappa shape index (κ2) is 24.8. The van der Waals surface area contributed by atoms with Gasteiger partial charge in [0.05, 0.1) is 0 Å². The smallest absolute Gasteiger partial charge is 0.217 e. The molecule has 4 N–H and O–H groups in total. The van der Waals surface area contributed by atoms with Crippen molar-refractivity contribution in [2.75, 3.05) is 36.9 Å². The van der Waals surface area contributed by atoms with Crippen LogP contribution in [0.25, 0.3) is 0 Å². The van der Waals surface area contributed by atoms with E-state index in [9.17, 15) is 0 Å². The fourth-order valence-corrected chi connectivity index (χ4v) is 3.45. The molecule has 0 aliphatic rings. The molecule has 1 atom stereocenters. The Morgan fingerprint density at radius 1 is 1.08 bits per heavy atom. The summed E-state index contributed by atoms with van der Waals surface area (Å²) in [4.78, 5) is 6.63. The van der Waals surface area contributed by atoms with Gasteiger partial charge in [-0.25, -0.2) is 0 Å². The van der Waals surface area contributed by atoms with Crippen molar-refractivity contribution in [1.82, 2.24) is 10.3 Å². The van der Waals surface area contributed by atoms with Gasteiger partial charge in [-0.05, 0) is 38.2 Å². The zero-order valence-corrected chi connectivity index (χ0v) is 24.9. The molecule has 0 saturated heterocycles. The lowest BCUT2D eigenvalue weighted by Crippen LogP contribution is -2.31. The summed E-state index contributed by atoms with van der Waals surface area (Å²) in [6, 6.07) is 12.2. The summed E-state index contributed by atoms with van der Waals surface area (Å²) in [5, 5.41) is 10.4. The normalized spacial score (nSPS) is 10.3. The maximum absolute atomic E-state index is 6.92. The molecule has 0 fully saturated rings. The first-order chi connectivity index (χ1) is 18.0. The van der Waals surface area contributed by atoms with Crippen LogP contribution in [0.5, 0.6) is 5.88 Å². The third-order valence-corrected chi connectivity index (χ3v) is 5.10. The Labute approximate surface area is 228 Å². The van der Waals surface area contributed by atoms with Crippen molar-refractivity contribution in [3.63, 3.8) is 0 Å². The topological polar surface area (TPSA) is 87.3 Å². The van der Waals surface area contributed by atoms with Crippen molar-refractivity contribution in [2.24, 2.45) is 0 Å². The van der Waals surface area contributed by atoms with Gasteiger partial charge in [0.1, 0.15) is 12.4 Å². The molecule has 0 amide bonds. The summed E-state index contributed by atoms with van der Waals surface area (Å²) in [5.74, 6) is 1.10. The van der Waals surface area contributed by atoms with Crippen LogP contribution in [-0.2, 0) is 0 Å². The van der Waals surface area contributed by atoms with E-state index in [1.54, 1.807) is 0 Å². The van der Waals surface area contributed by atoms with E-state index in [2.05, 4.69) is 42.6 Å². The lowest BCUT2D eigenvalue weighted by molar-refractivity contribution is 0.294. The molecule has 2 rings (SSSR count). The summed E-state index contributed by atoms with van der Waals surface area (Å²) in [6.45, 7) is 23.7. The number of nitrogens with zero attached hydrogens (tertiary/aromatic N) is 2. The monoisotopic (exact) mass is 513 g/mol. The minimum absolute atomic E-state index is 0.458. The summed E-state index contributed by atoms with van der Waals surface area (Å²) < 4.78 is 5.80. The molecule has 0 radical (unpaired) electrons. The number of nitrogens with two attached hydrogens (primary N) is 1. The van der Waals surface area contributed by atoms with Gasteiger partial charge in [-0.15, -0.1) is 6.58 Å². The van der Waals surface area contributed by atoms with E-state index < -0.39 is 0 Å². The highest BCUT2D eigenvalue weighted by molar-refractivity contribution is 5.76. The Hall–Kier alpha value is -2.86. The van der Waals surface area contributed by atoms with Crippen molar-refractivity contribution in [1.29, 1.82) is 5.41 Å². The lowest BCUT2D eigenvalue weighted by Gasteiger charge is -2.24. The van der Waals surface area contributed by atoms with Gasteiger partial charge in [0.25, 0.3) is 0 Å². The van der Waals surface area contributed by atoms with Crippen LogP contribution >= 0.6 is 0 Å². The van der Waals surface area contributed by atoms with Crippen molar-refractivity contribution >= 4 is 17.7 Å². The van der Waals surface area contributed by atoms with Crippen LogP contribution in [0, 0.1) is 12.3 Å². The number of nitrogen functional groups attached to an aromatic ring is 1. The molecule has 0 aliphatic carbocycles. The van der Waals surface area contributed by atoms with Gasteiger partial charge in [-0.1, -0.05) is 84.4 Å². The number of hydrogen-bond donors (Lipinski definition) is 3. The average molecular weight is 514 g/mol. The van der Waals surface area contributed by atoms with Gasteiger partial charge < -0.3 is 26.1 Å². The van der Waals surface area contributed by atoms with Crippen LogP contribution in [0.1, 0.15) is 85.3 Å². The molecule has 0 saturated carbocycles. The fourth-order valence-electron chi connectivity index (χ4n) is 3.45. The largest absolute Gasteiger partial charge is 0.476 e. The Morgan fingerprint density at radius 3 is 2.22 bits per heavy atom. The minimum atomic E-state index is 0.458. The molecule has 210 valence electrons. The van der Waals surface area contributed by atoms with E-state index in [4.69, 9.17) is 15.9 Å². The van der Waals surface area contributed by atoms with E-state index in [1.165, 1.54) is 11.8 Å². The number of nitrogens with one attached hydrogen (secondary N) is 2. The number of benzene rings is 1. The van der Waals surface area contributed by atoms with Gasteiger partial charge in [-0.2, -0.15) is 4.98 Å². The van der Waals surface area contributed by atoms with Crippen molar-refractivity contribution in [2.45, 2.75) is 87.1 Å². The van der Waals surface area contributed by atoms with Crippen molar-refractivity contribution in [3.8, 4) is 5.88 Å². The van der Waals surface area contributed by atoms with E-state index in [-0.39, 0.29) is 0 Å². The van der Waals surface area contributed by atoms with Crippen molar-refractivity contribution < 1.29 is 4.74 Å². The Morgan fingerprint density at radius 2 is 1.73 bits per heavy atom. The molecule has 6 nitrogen and oxygen atoms in total. The number of aryl methyl sites for hydroxylation is 1. The second-order valence-electron chi connectivity index (χ2n) is 8.07. The van der Waals surface area contributed by atoms with E-state index in [0.29, 0.717) is 24.3 Å². The minimum Gasteiger partial charge on any atom is -0.476 e. The number of pyridine rings is 1. The highest BCUT2D eigenvalue weighted by Gasteiger charge is 2.09. The van der Waals surface area contributed by atoms with E-state index in [1.807, 2.05) is 77.1 Å². The van der Waals surface area contributed by atoms with Gasteiger partial charge >= 0.3 is 0 Å². The third kappa shape index (κ3) is 17.3. The Balaban J connectivity index is 0. The zero-order valence-electron chi connectivity index (χ0n) is 24.9. The average Bonchev–Trinajstić information content (AvgIpc) is 2.92. The number of anilines is 2. The molecular weight excluding hydrogens is 458 g/mol. The molecule has 37 heavy (non-hydrogen) atoms. The highest BCUT2D eigenvalue weighted by Crippen LogP contribution is 2.23. The standard InChI is InChI=1S/C19H34N4O.C8H9N.2C2H6/c1-5-9-16(8-4)21-10-13-24-19-15-17(14-18(20)22-19)23(11-6-2)12-7-3;1-7-3-2-4-8(5-7)6-9;2*1-2/h5,14-16,21H,1,6-13H2,2-4H3,(H2,20,22);2-6,9H,1H3;2*1-2H3. The number of rotatable bonds is 14. The molecule has 1 aromatic carbocycles. The summed E-state index contributed by atoms with van der Waals surface area (Å²) >= 11 is 0. The van der Waals surface area contributed by atoms with Gasteiger partial charge in [-0.3, -0.25) is 0 Å². The first-order valence-corrected chi connectivity index (χ1v) is 14.0. The van der Waals surface area contributed by atoms with Crippen LogP contribution in [0.3, 0.4) is 0 Å². The summed E-state index contributed by atoms with van der Waals surface area (Å²) in [5.41, 5.74) is 9.22.